The van der Waals surface area contributed by atoms with Gasteiger partial charge in [0.1, 0.15) is 0 Å². The van der Waals surface area contributed by atoms with Crippen LogP contribution in [0.25, 0.3) is 4.85 Å². The second kappa shape index (κ2) is 3.89. The monoisotopic (exact) mass is 217 g/mol. The lowest BCUT2D eigenvalue weighted by Gasteiger charge is -2.11. The van der Waals surface area contributed by atoms with Crippen LogP contribution in [0.4, 0.5) is 23.2 Å². The highest BCUT2D eigenvalue weighted by Crippen LogP contribution is 2.33. The van der Waals surface area contributed by atoms with Gasteiger partial charge in [-0.3, -0.25) is 0 Å². The Hall–Kier alpha value is -1.57. The third-order valence-electron chi connectivity index (χ3n) is 1.96. The van der Waals surface area contributed by atoms with Crippen LogP contribution in [-0.2, 0) is 0 Å². The van der Waals surface area contributed by atoms with Crippen molar-refractivity contribution in [1.29, 1.82) is 0 Å². The Kier molecular flexibility index (Phi) is 2.98. The zero-order chi connectivity index (χ0) is 11.7. The molecule has 0 radical (unpaired) electrons. The summed E-state index contributed by atoms with van der Waals surface area (Å²) in [5.41, 5.74) is -1.91. The van der Waals surface area contributed by atoms with Crippen LogP contribution in [0.5, 0.6) is 0 Å². The summed E-state index contributed by atoms with van der Waals surface area (Å²) < 4.78 is 52.6. The molecule has 1 rings (SSSR count). The van der Waals surface area contributed by atoms with Crippen LogP contribution in [-0.4, -0.2) is 0 Å². The first kappa shape index (κ1) is 11.5. The SMILES string of the molecule is [C-]#[N+]c1c(F)c(F)c(C(C)C)c(F)c1F. The number of rotatable bonds is 1. The van der Waals surface area contributed by atoms with E-state index in [-0.39, 0.29) is 0 Å². The standard InChI is InChI=1S/C10H7F4N/c1-4(2)5-6(11)8(13)10(15-3)9(14)7(5)12/h4H,1-2H3. The fourth-order valence-corrected chi connectivity index (χ4v) is 1.24. The summed E-state index contributed by atoms with van der Waals surface area (Å²) in [5, 5.41) is 0. The van der Waals surface area contributed by atoms with E-state index in [9.17, 15) is 17.6 Å². The third-order valence-corrected chi connectivity index (χ3v) is 1.96. The molecule has 0 saturated carbocycles. The van der Waals surface area contributed by atoms with Gasteiger partial charge in [0.2, 0.25) is 0 Å². The van der Waals surface area contributed by atoms with E-state index in [1.165, 1.54) is 13.8 Å². The lowest BCUT2D eigenvalue weighted by Crippen LogP contribution is -2.04. The Balaban J connectivity index is 3.69. The molecule has 0 amide bonds. The van der Waals surface area contributed by atoms with E-state index in [0.29, 0.717) is 0 Å². The van der Waals surface area contributed by atoms with Gasteiger partial charge >= 0.3 is 0 Å². The van der Waals surface area contributed by atoms with Crippen LogP contribution >= 0.6 is 0 Å². The van der Waals surface area contributed by atoms with Gasteiger partial charge in [0.25, 0.3) is 5.69 Å². The first-order chi connectivity index (χ1) is 6.91. The van der Waals surface area contributed by atoms with E-state index in [2.05, 4.69) is 4.85 Å². The van der Waals surface area contributed by atoms with Crippen molar-refractivity contribution in [2.45, 2.75) is 19.8 Å². The Morgan fingerprint density at radius 2 is 1.33 bits per heavy atom. The van der Waals surface area contributed by atoms with E-state index >= 15 is 0 Å². The van der Waals surface area contributed by atoms with Gasteiger partial charge in [-0.25, -0.2) is 22.4 Å². The molecule has 0 aliphatic carbocycles. The van der Waals surface area contributed by atoms with Crippen LogP contribution in [0.15, 0.2) is 0 Å². The zero-order valence-electron chi connectivity index (χ0n) is 8.04. The van der Waals surface area contributed by atoms with Crippen molar-refractivity contribution >= 4 is 5.69 Å². The Bertz CT molecular complexity index is 417. The quantitative estimate of drug-likeness (QED) is 0.381. The maximum Gasteiger partial charge on any atom is 0.262 e. The van der Waals surface area contributed by atoms with Gasteiger partial charge in [-0.15, -0.1) is 0 Å². The van der Waals surface area contributed by atoms with Gasteiger partial charge in [0, 0.05) is 5.56 Å². The fraction of sp³-hybridized carbons (Fsp3) is 0.300. The van der Waals surface area contributed by atoms with E-state index in [1.54, 1.807) is 0 Å². The maximum absolute atomic E-state index is 13.2. The predicted octanol–water partition coefficient (Wildman–Crippen LogP) is 3.92. The number of hydrogen-bond donors (Lipinski definition) is 0. The second-order valence-electron chi connectivity index (χ2n) is 3.28. The lowest BCUT2D eigenvalue weighted by molar-refractivity contribution is 0.439. The molecule has 1 aromatic carbocycles. The fourth-order valence-electron chi connectivity index (χ4n) is 1.24. The minimum absolute atomic E-state index is 0.669. The molecular weight excluding hydrogens is 210 g/mol. The number of benzene rings is 1. The molecule has 0 aliphatic rings. The highest BCUT2D eigenvalue weighted by atomic mass is 19.2. The van der Waals surface area contributed by atoms with E-state index in [0.717, 1.165) is 0 Å². The summed E-state index contributed by atoms with van der Waals surface area (Å²) in [4.78, 5) is 2.41. The van der Waals surface area contributed by atoms with Gasteiger partial charge in [0.15, 0.2) is 23.3 Å². The largest absolute Gasteiger partial charge is 0.262 e. The molecule has 80 valence electrons. The van der Waals surface area contributed by atoms with Crippen molar-refractivity contribution in [2.24, 2.45) is 0 Å². The molecule has 1 nitrogen and oxygen atoms in total. The van der Waals surface area contributed by atoms with Gasteiger partial charge in [-0.1, -0.05) is 13.8 Å². The molecule has 0 heterocycles. The molecule has 1 aromatic rings. The predicted molar refractivity (Wildman–Crippen MR) is 46.6 cm³/mol. The van der Waals surface area contributed by atoms with Crippen molar-refractivity contribution in [1.82, 2.24) is 0 Å². The first-order valence-electron chi connectivity index (χ1n) is 4.15. The lowest BCUT2D eigenvalue weighted by atomic mass is 10.0. The van der Waals surface area contributed by atoms with Gasteiger partial charge < -0.3 is 0 Å². The van der Waals surface area contributed by atoms with Crippen molar-refractivity contribution in [3.63, 3.8) is 0 Å². The van der Waals surface area contributed by atoms with E-state index < -0.39 is 40.4 Å². The molecule has 5 heteroatoms. The summed E-state index contributed by atoms with van der Waals surface area (Å²) in [6.45, 7) is 9.21. The van der Waals surface area contributed by atoms with Gasteiger partial charge in [0.05, 0.1) is 6.57 Å². The summed E-state index contributed by atoms with van der Waals surface area (Å²) >= 11 is 0. The van der Waals surface area contributed by atoms with Crippen LogP contribution in [0.2, 0.25) is 0 Å². The normalized spacial score (nSPS) is 10.5. The molecule has 0 aromatic heterocycles. The van der Waals surface area contributed by atoms with Gasteiger partial charge in [-0.05, 0) is 5.92 Å². The number of halogens is 4. The molecule has 0 atom stereocenters. The van der Waals surface area contributed by atoms with Crippen LogP contribution in [0.1, 0.15) is 25.3 Å². The summed E-state index contributed by atoms with van der Waals surface area (Å²) in [5.74, 6) is -6.95. The minimum Gasteiger partial charge on any atom is -0.232 e. The van der Waals surface area contributed by atoms with E-state index in [1.807, 2.05) is 0 Å². The molecular formula is C10H7F4N. The molecule has 0 fully saturated rings. The van der Waals surface area contributed by atoms with Crippen molar-refractivity contribution in [3.05, 3.63) is 40.2 Å². The molecule has 0 saturated heterocycles. The number of hydrogen-bond acceptors (Lipinski definition) is 0. The van der Waals surface area contributed by atoms with Crippen molar-refractivity contribution in [2.75, 3.05) is 0 Å². The topological polar surface area (TPSA) is 4.36 Å². The van der Waals surface area contributed by atoms with Crippen LogP contribution in [0.3, 0.4) is 0 Å². The molecule has 15 heavy (non-hydrogen) atoms. The molecule has 0 N–H and O–H groups in total. The zero-order valence-corrected chi connectivity index (χ0v) is 8.04. The summed E-state index contributed by atoms with van der Waals surface area (Å²) in [6, 6.07) is 0. The summed E-state index contributed by atoms with van der Waals surface area (Å²) in [6.07, 6.45) is 0. The van der Waals surface area contributed by atoms with Crippen molar-refractivity contribution in [3.8, 4) is 0 Å². The summed E-state index contributed by atoms with van der Waals surface area (Å²) in [7, 11) is 0. The average molecular weight is 217 g/mol. The third kappa shape index (κ3) is 1.67. The van der Waals surface area contributed by atoms with E-state index in [4.69, 9.17) is 6.57 Å². The van der Waals surface area contributed by atoms with Crippen molar-refractivity contribution < 1.29 is 17.6 Å². The Labute approximate surface area is 84.2 Å². The first-order valence-corrected chi connectivity index (χ1v) is 4.15. The highest BCUT2D eigenvalue weighted by molar-refractivity contribution is 5.50. The van der Waals surface area contributed by atoms with Crippen LogP contribution in [0, 0.1) is 29.8 Å². The average Bonchev–Trinajstić information content (AvgIpc) is 2.16. The number of nitrogens with zero attached hydrogens (tertiary/aromatic N) is 1. The molecule has 0 bridgehead atoms. The molecule has 0 unspecified atom stereocenters. The maximum atomic E-state index is 13.2. The smallest absolute Gasteiger partial charge is 0.232 e. The Morgan fingerprint density at radius 1 is 0.933 bits per heavy atom. The van der Waals surface area contributed by atoms with Gasteiger partial charge in [-0.2, -0.15) is 0 Å². The molecule has 0 aliphatic heterocycles. The minimum atomic E-state index is -1.63. The second-order valence-corrected chi connectivity index (χ2v) is 3.28. The molecule has 0 spiro atoms. The highest BCUT2D eigenvalue weighted by Gasteiger charge is 2.26. The Morgan fingerprint density at radius 3 is 1.60 bits per heavy atom. The van der Waals surface area contributed by atoms with Crippen LogP contribution < -0.4 is 0 Å².